The molecule has 0 radical (unpaired) electrons. The molecule has 3 aromatic carbocycles. The van der Waals surface area contributed by atoms with Crippen molar-refractivity contribution in [3.05, 3.63) is 94.0 Å². The summed E-state index contributed by atoms with van der Waals surface area (Å²) in [4.78, 5) is 15.1. The minimum absolute atomic E-state index is 0.00898. The first-order valence-electron chi connectivity index (χ1n) is 21.2. The second-order valence-corrected chi connectivity index (χ2v) is 15.8. The number of benzene rings is 3. The van der Waals surface area contributed by atoms with Gasteiger partial charge in [0.2, 0.25) is 5.91 Å². The van der Waals surface area contributed by atoms with Gasteiger partial charge >= 0.3 is 0 Å². The zero-order chi connectivity index (χ0) is 38.8. The fourth-order valence-corrected chi connectivity index (χ4v) is 8.07. The molecule has 8 heteroatoms. The fraction of sp³-hybridized carbons (Fsp3) is 0.596. The highest BCUT2D eigenvalue weighted by molar-refractivity contribution is 5.75. The van der Waals surface area contributed by atoms with E-state index < -0.39 is 6.29 Å². The molecule has 0 aromatic heterocycles. The van der Waals surface area contributed by atoms with E-state index in [9.17, 15) is 9.90 Å². The number of hydrogen-bond donors (Lipinski definition) is 2. The van der Waals surface area contributed by atoms with Crippen LogP contribution in [0.5, 0.6) is 11.5 Å². The normalized spacial score (nSPS) is 19.9. The minimum atomic E-state index is -0.538. The van der Waals surface area contributed by atoms with Gasteiger partial charge in [-0.3, -0.25) is 9.69 Å². The molecule has 2 aliphatic rings. The maximum atomic E-state index is 12.6. The number of nitrogens with zero attached hydrogens (tertiary/aromatic N) is 1. The first-order valence-corrected chi connectivity index (χ1v) is 21.2. The van der Waals surface area contributed by atoms with Gasteiger partial charge < -0.3 is 29.4 Å². The molecule has 0 saturated carbocycles. The zero-order valence-corrected chi connectivity index (χ0v) is 34.2. The lowest BCUT2D eigenvalue weighted by Crippen LogP contribution is -2.45. The van der Waals surface area contributed by atoms with Crippen LogP contribution in [0.15, 0.2) is 60.7 Å². The minimum Gasteiger partial charge on any atom is -0.493 e. The Kier molecular flexibility index (Phi) is 17.8. The first-order chi connectivity index (χ1) is 26.9. The lowest BCUT2D eigenvalue weighted by Gasteiger charge is -2.43. The summed E-state index contributed by atoms with van der Waals surface area (Å²) in [7, 11) is 3.36. The standard InChI is InChI=1S/C47H68N2O6/c1-5-6-7-8-9-10-11-12-13-14-15-16-17-18-45(51)48-31-36-19-25-39(26-20-36)47-54-44(35(2)46(55-47)38-23-21-37(34-50)22-24-38)33-49-28-27-40-29-42(52-3)43(53-4)30-41(40)32-49/h19-26,29-30,35,44,46-47,50H,5-18,27-28,31-34H2,1-4H3,(H,48,51). The summed E-state index contributed by atoms with van der Waals surface area (Å²) >= 11 is 0. The molecule has 0 aliphatic carbocycles. The molecule has 5 rings (SSSR count). The first kappa shape index (κ1) is 42.7. The molecule has 3 aromatic rings. The van der Waals surface area contributed by atoms with Crippen LogP contribution in [-0.2, 0) is 40.4 Å². The summed E-state index contributed by atoms with van der Waals surface area (Å²) < 4.78 is 24.7. The lowest BCUT2D eigenvalue weighted by atomic mass is 9.89. The number of aliphatic hydroxyl groups is 1. The molecule has 0 spiro atoms. The summed E-state index contributed by atoms with van der Waals surface area (Å²) in [5.41, 5.74) is 6.51. The Morgan fingerprint density at radius 1 is 0.764 bits per heavy atom. The van der Waals surface area contributed by atoms with Gasteiger partial charge in [-0.1, -0.05) is 139 Å². The Balaban J connectivity index is 1.10. The average molecular weight is 757 g/mol. The summed E-state index contributed by atoms with van der Waals surface area (Å²) in [6, 6.07) is 20.5. The maximum Gasteiger partial charge on any atom is 0.220 e. The highest BCUT2D eigenvalue weighted by Gasteiger charge is 2.39. The van der Waals surface area contributed by atoms with Gasteiger partial charge in [-0.05, 0) is 52.8 Å². The van der Waals surface area contributed by atoms with Crippen LogP contribution >= 0.6 is 0 Å². The Morgan fingerprint density at radius 3 is 1.93 bits per heavy atom. The number of fused-ring (bicyclic) bond motifs is 1. The Hall–Kier alpha value is -3.43. The van der Waals surface area contributed by atoms with Gasteiger partial charge in [0.1, 0.15) is 0 Å². The fourth-order valence-electron chi connectivity index (χ4n) is 8.07. The van der Waals surface area contributed by atoms with Crippen LogP contribution in [0.1, 0.15) is 150 Å². The molecule has 2 heterocycles. The predicted octanol–water partition coefficient (Wildman–Crippen LogP) is 10.1. The molecule has 8 nitrogen and oxygen atoms in total. The zero-order valence-electron chi connectivity index (χ0n) is 34.2. The highest BCUT2D eigenvalue weighted by atomic mass is 16.7. The number of aliphatic hydroxyl groups excluding tert-OH is 1. The number of unbranched alkanes of at least 4 members (excludes halogenated alkanes) is 12. The van der Waals surface area contributed by atoms with Crippen molar-refractivity contribution in [1.29, 1.82) is 0 Å². The smallest absolute Gasteiger partial charge is 0.220 e. The third kappa shape index (κ3) is 13.1. The van der Waals surface area contributed by atoms with E-state index in [-0.39, 0.29) is 30.6 Å². The topological polar surface area (TPSA) is 89.5 Å². The van der Waals surface area contributed by atoms with Crippen LogP contribution < -0.4 is 14.8 Å². The van der Waals surface area contributed by atoms with Crippen molar-refractivity contribution in [2.75, 3.05) is 27.3 Å². The van der Waals surface area contributed by atoms with E-state index in [2.05, 4.69) is 72.6 Å². The third-order valence-electron chi connectivity index (χ3n) is 11.6. The van der Waals surface area contributed by atoms with Crippen molar-refractivity contribution in [3.63, 3.8) is 0 Å². The third-order valence-corrected chi connectivity index (χ3v) is 11.6. The number of ether oxygens (including phenoxy) is 4. The van der Waals surface area contributed by atoms with Gasteiger partial charge in [-0.2, -0.15) is 0 Å². The molecule has 0 bridgehead atoms. The van der Waals surface area contributed by atoms with E-state index in [4.69, 9.17) is 18.9 Å². The van der Waals surface area contributed by atoms with Crippen LogP contribution in [0.3, 0.4) is 0 Å². The van der Waals surface area contributed by atoms with Crippen molar-refractivity contribution in [3.8, 4) is 11.5 Å². The number of hydrogen-bond acceptors (Lipinski definition) is 7. The average Bonchev–Trinajstić information content (AvgIpc) is 3.22. The number of carbonyl (C=O) groups is 1. The van der Waals surface area contributed by atoms with Crippen LogP contribution in [0.25, 0.3) is 0 Å². The van der Waals surface area contributed by atoms with Gasteiger partial charge in [-0.15, -0.1) is 0 Å². The lowest BCUT2D eigenvalue weighted by molar-refractivity contribution is -0.276. The van der Waals surface area contributed by atoms with Crippen molar-refractivity contribution in [2.45, 2.75) is 148 Å². The molecule has 1 fully saturated rings. The van der Waals surface area contributed by atoms with Crippen molar-refractivity contribution >= 4 is 5.91 Å². The summed E-state index contributed by atoms with van der Waals surface area (Å²) in [6.07, 6.45) is 17.7. The van der Waals surface area contributed by atoms with E-state index in [1.165, 1.54) is 81.8 Å². The predicted molar refractivity (Wildman–Crippen MR) is 220 cm³/mol. The van der Waals surface area contributed by atoms with Gasteiger partial charge in [0.05, 0.1) is 33.0 Å². The maximum absolute atomic E-state index is 12.6. The van der Waals surface area contributed by atoms with Gasteiger partial charge in [0.15, 0.2) is 17.8 Å². The van der Waals surface area contributed by atoms with Gasteiger partial charge in [0, 0.05) is 44.1 Å². The molecular weight excluding hydrogens is 689 g/mol. The molecule has 302 valence electrons. The number of amides is 1. The molecule has 1 amide bonds. The summed E-state index contributed by atoms with van der Waals surface area (Å²) in [6.45, 7) is 7.51. The molecule has 1 saturated heterocycles. The van der Waals surface area contributed by atoms with Crippen LogP contribution in [0.2, 0.25) is 0 Å². The summed E-state index contributed by atoms with van der Waals surface area (Å²) in [5, 5.41) is 12.8. The van der Waals surface area contributed by atoms with Crippen molar-refractivity contribution in [2.24, 2.45) is 5.92 Å². The van der Waals surface area contributed by atoms with Gasteiger partial charge in [0.25, 0.3) is 0 Å². The quantitative estimate of drug-likeness (QED) is 0.0932. The van der Waals surface area contributed by atoms with Crippen LogP contribution in [0.4, 0.5) is 0 Å². The van der Waals surface area contributed by atoms with Crippen molar-refractivity contribution < 1.29 is 28.8 Å². The molecule has 2 aliphatic heterocycles. The Bertz CT molecular complexity index is 1560. The summed E-state index contributed by atoms with van der Waals surface area (Å²) in [5.74, 6) is 1.73. The van der Waals surface area contributed by atoms with Crippen molar-refractivity contribution in [1.82, 2.24) is 10.2 Å². The van der Waals surface area contributed by atoms with E-state index in [0.717, 1.165) is 72.6 Å². The van der Waals surface area contributed by atoms with E-state index in [0.29, 0.717) is 13.0 Å². The Morgan fingerprint density at radius 2 is 1.33 bits per heavy atom. The highest BCUT2D eigenvalue weighted by Crippen LogP contribution is 2.42. The second kappa shape index (κ2) is 23.0. The number of methoxy groups -OCH3 is 2. The number of rotatable bonds is 23. The molecule has 4 unspecified atom stereocenters. The SMILES string of the molecule is CCCCCCCCCCCCCCCC(=O)NCc1ccc(C2OC(CN3CCc4cc(OC)c(OC)cc4C3)C(C)C(c3ccc(CO)cc3)O2)cc1. The molecule has 55 heavy (non-hydrogen) atoms. The Labute approximate surface area is 331 Å². The van der Waals surface area contributed by atoms with E-state index in [1.807, 2.05) is 12.1 Å². The van der Waals surface area contributed by atoms with E-state index in [1.54, 1.807) is 14.2 Å². The molecule has 4 atom stereocenters. The largest absolute Gasteiger partial charge is 0.493 e. The van der Waals surface area contributed by atoms with Crippen LogP contribution in [0, 0.1) is 5.92 Å². The molecular formula is C47H68N2O6. The van der Waals surface area contributed by atoms with E-state index >= 15 is 0 Å². The monoisotopic (exact) mass is 757 g/mol. The molecule has 2 N–H and O–H groups in total. The number of carbonyl (C=O) groups excluding carboxylic acids is 1. The van der Waals surface area contributed by atoms with Crippen LogP contribution in [-0.4, -0.2) is 49.3 Å². The van der Waals surface area contributed by atoms with Gasteiger partial charge in [-0.25, -0.2) is 0 Å². The second-order valence-electron chi connectivity index (χ2n) is 15.8. The number of nitrogens with one attached hydrogen (secondary N) is 1.